The quantitative estimate of drug-likeness (QED) is 0.524. The van der Waals surface area contributed by atoms with Crippen molar-refractivity contribution in [3.63, 3.8) is 0 Å². The van der Waals surface area contributed by atoms with Crippen LogP contribution < -0.4 is 0 Å². The Morgan fingerprint density at radius 2 is 1.63 bits per heavy atom. The fraction of sp³-hybridized carbons (Fsp3) is 0.857. The van der Waals surface area contributed by atoms with Crippen LogP contribution in [0.1, 0.15) is 86.5 Å². The lowest BCUT2D eigenvalue weighted by atomic mass is 9.46. The van der Waals surface area contributed by atoms with Crippen LogP contribution in [-0.2, 0) is 0 Å². The first-order chi connectivity index (χ1) is 14.0. The van der Waals surface area contributed by atoms with E-state index in [2.05, 4.69) is 58.9 Å². The molecule has 170 valence electrons. The van der Waals surface area contributed by atoms with E-state index in [1.807, 2.05) is 6.92 Å². The third-order valence-electron chi connectivity index (χ3n) is 10.7. The molecule has 0 aromatic rings. The van der Waals surface area contributed by atoms with E-state index in [1.165, 1.54) is 32.1 Å². The van der Waals surface area contributed by atoms with Gasteiger partial charge >= 0.3 is 0 Å². The van der Waals surface area contributed by atoms with Crippen molar-refractivity contribution in [2.75, 3.05) is 0 Å². The average molecular weight is 415 g/mol. The number of hydrogen-bond acceptors (Lipinski definition) is 2. The van der Waals surface area contributed by atoms with E-state index in [-0.39, 0.29) is 12.0 Å². The molecule has 1 unspecified atom stereocenters. The summed E-state index contributed by atoms with van der Waals surface area (Å²) in [6.07, 6.45) is 17.9. The summed E-state index contributed by atoms with van der Waals surface area (Å²) in [7, 11) is 0. The molecule has 0 aromatic heterocycles. The van der Waals surface area contributed by atoms with Crippen molar-refractivity contribution in [1.29, 1.82) is 0 Å². The Bertz CT molecular complexity index is 691. The summed E-state index contributed by atoms with van der Waals surface area (Å²) < 4.78 is 0. The summed E-state index contributed by atoms with van der Waals surface area (Å²) in [4.78, 5) is 0. The van der Waals surface area contributed by atoms with E-state index < -0.39 is 5.60 Å². The van der Waals surface area contributed by atoms with Crippen molar-refractivity contribution in [2.45, 2.75) is 98.2 Å². The van der Waals surface area contributed by atoms with Gasteiger partial charge in [0.15, 0.2) is 0 Å². The number of rotatable bonds is 4. The maximum Gasteiger partial charge on any atom is 0.0822 e. The number of fused-ring (bicyclic) bond motifs is 5. The lowest BCUT2D eigenvalue weighted by Crippen LogP contribution is -2.52. The fourth-order valence-corrected chi connectivity index (χ4v) is 8.17. The molecule has 0 saturated heterocycles. The van der Waals surface area contributed by atoms with Gasteiger partial charge in [-0.05, 0) is 104 Å². The van der Waals surface area contributed by atoms with Gasteiger partial charge in [-0.3, -0.25) is 0 Å². The molecule has 30 heavy (non-hydrogen) atoms. The first kappa shape index (κ1) is 22.6. The van der Waals surface area contributed by atoms with Crippen LogP contribution in [0.25, 0.3) is 0 Å². The Labute approximate surface area is 185 Å². The van der Waals surface area contributed by atoms with E-state index in [4.69, 9.17) is 0 Å². The van der Waals surface area contributed by atoms with Gasteiger partial charge in [0.25, 0.3) is 0 Å². The molecular formula is C28H46O2. The summed E-state index contributed by atoms with van der Waals surface area (Å²) >= 11 is 0. The van der Waals surface area contributed by atoms with E-state index in [0.29, 0.717) is 22.7 Å². The second-order valence-corrected chi connectivity index (χ2v) is 12.5. The highest BCUT2D eigenvalue weighted by Gasteiger charge is 2.59. The second-order valence-electron chi connectivity index (χ2n) is 12.5. The van der Waals surface area contributed by atoms with Crippen LogP contribution in [0, 0.1) is 52.3 Å². The van der Waals surface area contributed by atoms with Crippen LogP contribution in [-0.4, -0.2) is 21.9 Å². The van der Waals surface area contributed by atoms with Crippen LogP contribution in [0.2, 0.25) is 0 Å². The molecule has 4 aliphatic carbocycles. The fourth-order valence-electron chi connectivity index (χ4n) is 8.17. The number of hydrogen-bond donors (Lipinski definition) is 2. The molecule has 3 fully saturated rings. The average Bonchev–Trinajstić information content (AvgIpc) is 3.04. The zero-order valence-corrected chi connectivity index (χ0v) is 20.3. The molecule has 3 saturated carbocycles. The van der Waals surface area contributed by atoms with Gasteiger partial charge in [-0.25, -0.2) is 0 Å². The molecule has 0 bridgehead atoms. The summed E-state index contributed by atoms with van der Waals surface area (Å²) in [5.74, 6) is 4.35. The normalized spacial score (nSPS) is 48.8. The maximum atomic E-state index is 10.7. The summed E-state index contributed by atoms with van der Waals surface area (Å²) in [6.45, 7) is 13.6. The summed E-state index contributed by atoms with van der Waals surface area (Å²) in [6, 6.07) is 0. The van der Waals surface area contributed by atoms with E-state index in [0.717, 1.165) is 36.5 Å². The largest absolute Gasteiger partial charge is 0.393 e. The highest BCUT2D eigenvalue weighted by Crippen LogP contribution is 2.66. The first-order valence-electron chi connectivity index (χ1n) is 12.8. The van der Waals surface area contributed by atoms with E-state index in [9.17, 15) is 10.2 Å². The molecule has 0 radical (unpaired) electrons. The van der Waals surface area contributed by atoms with Gasteiger partial charge in [0, 0.05) is 0 Å². The molecule has 4 rings (SSSR count). The Morgan fingerprint density at radius 1 is 0.967 bits per heavy atom. The molecule has 4 aliphatic rings. The van der Waals surface area contributed by atoms with Gasteiger partial charge in [0.1, 0.15) is 0 Å². The number of aliphatic hydroxyl groups is 2. The topological polar surface area (TPSA) is 40.5 Å². The van der Waals surface area contributed by atoms with Crippen molar-refractivity contribution < 1.29 is 10.2 Å². The monoisotopic (exact) mass is 414 g/mol. The zero-order chi connectivity index (χ0) is 21.9. The number of aliphatic hydroxyl groups excluding tert-OH is 1. The summed E-state index contributed by atoms with van der Waals surface area (Å²) in [5.41, 5.74) is 0.0853. The van der Waals surface area contributed by atoms with Crippen molar-refractivity contribution >= 4 is 0 Å². The molecule has 2 N–H and O–H groups in total. The van der Waals surface area contributed by atoms with Crippen molar-refractivity contribution in [3.8, 4) is 0 Å². The van der Waals surface area contributed by atoms with Gasteiger partial charge in [-0.1, -0.05) is 58.9 Å². The highest BCUT2D eigenvalue weighted by molar-refractivity contribution is 5.19. The predicted octanol–water partition coefficient (Wildman–Crippen LogP) is 6.38. The maximum absolute atomic E-state index is 10.7. The van der Waals surface area contributed by atoms with Crippen molar-refractivity contribution in [3.05, 3.63) is 24.3 Å². The number of allylic oxidation sites excluding steroid dienone is 3. The van der Waals surface area contributed by atoms with E-state index in [1.54, 1.807) is 0 Å². The molecule has 2 heteroatoms. The summed E-state index contributed by atoms with van der Waals surface area (Å²) in [5, 5.41) is 20.9. The predicted molar refractivity (Wildman–Crippen MR) is 125 cm³/mol. The van der Waals surface area contributed by atoms with Gasteiger partial charge in [0.2, 0.25) is 0 Å². The molecule has 2 nitrogen and oxygen atoms in total. The lowest BCUT2D eigenvalue weighted by Gasteiger charge is -2.59. The Hall–Kier alpha value is -0.600. The van der Waals surface area contributed by atoms with Gasteiger partial charge < -0.3 is 10.2 Å². The van der Waals surface area contributed by atoms with Crippen LogP contribution >= 0.6 is 0 Å². The van der Waals surface area contributed by atoms with Crippen LogP contribution in [0.3, 0.4) is 0 Å². The standard InChI is InChI=1S/C28H46O2/c1-18(2)28(6,30)16-11-19(3)23-9-10-24-22-8-7-20-17-21(29)12-14-26(20,4)25(22)13-15-27(23,24)5/h7-8,11,16,18-25,29-30H,9-10,12-15,17H2,1-6H3/t19-,20?,21+,22+,23-,24+,25+,26+,27-,28-/m1/s1. The minimum atomic E-state index is -0.716. The van der Waals surface area contributed by atoms with Crippen LogP contribution in [0.4, 0.5) is 0 Å². The Morgan fingerprint density at radius 3 is 2.33 bits per heavy atom. The van der Waals surface area contributed by atoms with Crippen molar-refractivity contribution in [2.24, 2.45) is 52.3 Å². The molecule has 0 amide bonds. The minimum absolute atomic E-state index is 0.0929. The molecule has 0 aromatic carbocycles. The van der Waals surface area contributed by atoms with Gasteiger partial charge in [-0.15, -0.1) is 0 Å². The van der Waals surface area contributed by atoms with Gasteiger partial charge in [0.05, 0.1) is 11.7 Å². The second kappa shape index (κ2) is 7.77. The van der Waals surface area contributed by atoms with Crippen molar-refractivity contribution in [1.82, 2.24) is 0 Å². The highest BCUT2D eigenvalue weighted by atomic mass is 16.3. The first-order valence-corrected chi connectivity index (χ1v) is 12.8. The minimum Gasteiger partial charge on any atom is -0.393 e. The van der Waals surface area contributed by atoms with E-state index >= 15 is 0 Å². The lowest BCUT2D eigenvalue weighted by molar-refractivity contribution is -0.0795. The molecule has 10 atom stereocenters. The smallest absolute Gasteiger partial charge is 0.0822 e. The van der Waals surface area contributed by atoms with Gasteiger partial charge in [-0.2, -0.15) is 0 Å². The van der Waals surface area contributed by atoms with Crippen LogP contribution in [0.5, 0.6) is 0 Å². The van der Waals surface area contributed by atoms with Crippen LogP contribution in [0.15, 0.2) is 24.3 Å². The zero-order valence-electron chi connectivity index (χ0n) is 20.3. The Kier molecular flexibility index (Phi) is 5.85. The third-order valence-corrected chi connectivity index (χ3v) is 10.7. The molecular weight excluding hydrogens is 368 g/mol. The SMILES string of the molecule is CC(C)[C@](C)(O)C=C[C@@H](C)[C@H]1CC[C@H]2[C@@H]3C=CC4C[C@@H](O)CC[C@]4(C)[C@H]3CC[C@]12C. The molecule has 0 aliphatic heterocycles. The molecule has 0 spiro atoms. The third kappa shape index (κ3) is 3.54. The molecule has 0 heterocycles. The Balaban J connectivity index is 1.54.